The first-order valence-corrected chi connectivity index (χ1v) is 13.5. The van der Waals surface area contributed by atoms with Crippen molar-refractivity contribution < 1.29 is 35.1 Å². The minimum absolute atomic E-state index is 0.00150. The van der Waals surface area contributed by atoms with Gasteiger partial charge in [0.1, 0.15) is 17.3 Å². The average Bonchev–Trinajstić information content (AvgIpc) is 3.18. The Hall–Kier alpha value is -2.93. The Labute approximate surface area is 234 Å². The molecule has 2 aliphatic heterocycles. The van der Waals surface area contributed by atoms with Crippen LogP contribution in [0, 0.1) is 17.6 Å². The number of nitrogens with zero attached hydrogens (tertiary/aromatic N) is 5. The second-order valence-electron chi connectivity index (χ2n) is 10.9. The summed E-state index contributed by atoms with van der Waals surface area (Å²) in [5.41, 5.74) is -0.674. The van der Waals surface area contributed by atoms with Crippen LogP contribution in [-0.2, 0) is 19.3 Å². The molecule has 3 aromatic rings. The molecule has 1 saturated heterocycles. The maximum absolute atomic E-state index is 14.8. The Morgan fingerprint density at radius 3 is 2.24 bits per heavy atom. The van der Waals surface area contributed by atoms with Gasteiger partial charge >= 0.3 is 12.4 Å². The van der Waals surface area contributed by atoms with Crippen LogP contribution in [0.1, 0.15) is 54.4 Å². The van der Waals surface area contributed by atoms with E-state index in [4.69, 9.17) is 11.6 Å². The fourth-order valence-corrected chi connectivity index (χ4v) is 6.33. The molecule has 1 saturated carbocycles. The van der Waals surface area contributed by atoms with Gasteiger partial charge < -0.3 is 4.90 Å². The molecule has 0 radical (unpaired) electrons. The van der Waals surface area contributed by atoms with Gasteiger partial charge in [-0.2, -0.15) is 26.3 Å². The third-order valence-corrected chi connectivity index (χ3v) is 8.63. The van der Waals surface area contributed by atoms with Crippen molar-refractivity contribution in [2.75, 3.05) is 18.0 Å². The van der Waals surface area contributed by atoms with E-state index in [9.17, 15) is 35.1 Å². The summed E-state index contributed by atoms with van der Waals surface area (Å²) in [6, 6.07) is 6.02. The highest BCUT2D eigenvalue weighted by molar-refractivity contribution is 6.30. The summed E-state index contributed by atoms with van der Waals surface area (Å²) >= 11 is 6.27. The molecule has 220 valence electrons. The summed E-state index contributed by atoms with van der Waals surface area (Å²) < 4.78 is 110. The molecule has 1 aliphatic carbocycles. The first kappa shape index (κ1) is 28.2. The lowest BCUT2D eigenvalue weighted by atomic mass is 9.78. The summed E-state index contributed by atoms with van der Waals surface area (Å²) in [7, 11) is 0. The fraction of sp³-hybridized carbons (Fsp3) is 0.481. The Balaban J connectivity index is 1.26. The van der Waals surface area contributed by atoms with Crippen molar-refractivity contribution in [2.24, 2.45) is 5.92 Å². The molecule has 0 N–H and O–H groups in total. The van der Waals surface area contributed by atoms with Crippen LogP contribution in [0.4, 0.5) is 40.8 Å². The molecule has 5 nitrogen and oxygen atoms in total. The summed E-state index contributed by atoms with van der Waals surface area (Å²) in [6.45, 7) is 0.819. The number of benzene rings is 2. The SMILES string of the molecule is Fc1ccc(C(F)(F)F)c(F)c1N1CCC(c2nnc3n2-c2ccc(Cl)cc2CN(C2CC(C(F)(F)F)C2)C3)CC1. The summed E-state index contributed by atoms with van der Waals surface area (Å²) in [4.78, 5) is 3.23. The Bertz CT molecular complexity index is 1460. The van der Waals surface area contributed by atoms with E-state index in [0.717, 1.165) is 11.3 Å². The van der Waals surface area contributed by atoms with Gasteiger partial charge in [0.2, 0.25) is 0 Å². The zero-order valence-corrected chi connectivity index (χ0v) is 22.2. The molecule has 0 unspecified atom stereocenters. The molecule has 6 rings (SSSR count). The Kier molecular flexibility index (Phi) is 6.95. The number of halogens is 9. The predicted molar refractivity (Wildman–Crippen MR) is 134 cm³/mol. The maximum atomic E-state index is 14.8. The van der Waals surface area contributed by atoms with E-state index in [1.807, 2.05) is 9.47 Å². The number of fused-ring (bicyclic) bond motifs is 3. The largest absolute Gasteiger partial charge is 0.419 e. The number of rotatable bonds is 3. The van der Waals surface area contributed by atoms with Gasteiger partial charge in [-0.05, 0) is 61.6 Å². The second kappa shape index (κ2) is 10.1. The standard InChI is InChI=1S/C27H24ClF8N5/c28-17-1-4-21-15(9-17)12-40(18-10-16(11-18)26(31,32)33)13-22-37-38-25(41(21)22)14-5-7-39(8-6-14)24-20(29)3-2-19(23(24)30)27(34,35)36/h1-4,9,14,16,18H,5-8,10-13H2. The number of hydrogen-bond donors (Lipinski definition) is 0. The zero-order valence-electron chi connectivity index (χ0n) is 21.4. The molecule has 14 heteroatoms. The van der Waals surface area contributed by atoms with Crippen molar-refractivity contribution in [3.63, 3.8) is 0 Å². The van der Waals surface area contributed by atoms with Gasteiger partial charge in [-0.15, -0.1) is 10.2 Å². The van der Waals surface area contributed by atoms with E-state index in [2.05, 4.69) is 10.2 Å². The van der Waals surface area contributed by atoms with Crippen LogP contribution in [0.2, 0.25) is 5.02 Å². The number of anilines is 1. The van der Waals surface area contributed by atoms with Gasteiger partial charge in [-0.3, -0.25) is 9.47 Å². The lowest BCUT2D eigenvalue weighted by molar-refractivity contribution is -0.207. The zero-order chi connectivity index (χ0) is 29.3. The Morgan fingerprint density at radius 1 is 0.878 bits per heavy atom. The van der Waals surface area contributed by atoms with Crippen LogP contribution in [0.25, 0.3) is 5.69 Å². The number of aromatic nitrogens is 3. The van der Waals surface area contributed by atoms with Crippen LogP contribution in [0.5, 0.6) is 0 Å². The van der Waals surface area contributed by atoms with Crippen molar-refractivity contribution in [1.29, 1.82) is 0 Å². The van der Waals surface area contributed by atoms with Gasteiger partial charge in [0.25, 0.3) is 0 Å². The van der Waals surface area contributed by atoms with Crippen LogP contribution >= 0.6 is 11.6 Å². The van der Waals surface area contributed by atoms with Gasteiger partial charge in [-0.1, -0.05) is 11.6 Å². The maximum Gasteiger partial charge on any atom is 0.419 e. The van der Waals surface area contributed by atoms with E-state index >= 15 is 0 Å². The summed E-state index contributed by atoms with van der Waals surface area (Å²) in [5.74, 6) is -3.13. The average molecular weight is 606 g/mol. The first-order valence-electron chi connectivity index (χ1n) is 13.1. The quantitative estimate of drug-likeness (QED) is 0.295. The number of piperidine rings is 1. The molecule has 0 atom stereocenters. The van der Waals surface area contributed by atoms with Crippen molar-refractivity contribution in [2.45, 2.75) is 63.1 Å². The highest BCUT2D eigenvalue weighted by Crippen LogP contribution is 2.45. The molecule has 3 heterocycles. The van der Waals surface area contributed by atoms with Crippen LogP contribution in [-0.4, -0.2) is 45.0 Å². The van der Waals surface area contributed by atoms with Crippen molar-refractivity contribution in [3.05, 3.63) is 69.8 Å². The monoisotopic (exact) mass is 605 g/mol. The molecular formula is C27H24ClF8N5. The number of alkyl halides is 6. The van der Waals surface area contributed by atoms with Crippen LogP contribution < -0.4 is 4.90 Å². The van der Waals surface area contributed by atoms with E-state index < -0.39 is 41.2 Å². The van der Waals surface area contributed by atoms with Gasteiger partial charge in [-0.25, -0.2) is 8.78 Å². The normalized spacial score (nSPS) is 22.2. The van der Waals surface area contributed by atoms with Gasteiger partial charge in [0, 0.05) is 36.6 Å². The minimum atomic E-state index is -4.96. The summed E-state index contributed by atoms with van der Waals surface area (Å²) in [5, 5.41) is 9.26. The molecular weight excluding hydrogens is 582 g/mol. The third kappa shape index (κ3) is 5.15. The van der Waals surface area contributed by atoms with E-state index in [1.54, 1.807) is 18.2 Å². The van der Waals surface area contributed by atoms with E-state index in [1.165, 1.54) is 4.90 Å². The molecule has 2 aromatic carbocycles. The highest BCUT2D eigenvalue weighted by atomic mass is 35.5. The van der Waals surface area contributed by atoms with Gasteiger partial charge in [0.15, 0.2) is 11.6 Å². The summed E-state index contributed by atoms with van der Waals surface area (Å²) in [6.07, 6.45) is -8.50. The topological polar surface area (TPSA) is 37.2 Å². The lowest BCUT2D eigenvalue weighted by Gasteiger charge is -2.43. The predicted octanol–water partition coefficient (Wildman–Crippen LogP) is 7.26. The first-order chi connectivity index (χ1) is 19.3. The molecule has 0 amide bonds. The van der Waals surface area contributed by atoms with E-state index in [0.29, 0.717) is 48.2 Å². The molecule has 3 aliphatic rings. The van der Waals surface area contributed by atoms with Crippen molar-refractivity contribution in [1.82, 2.24) is 19.7 Å². The molecule has 0 spiro atoms. The molecule has 1 aromatic heterocycles. The second-order valence-corrected chi connectivity index (χ2v) is 11.3. The highest BCUT2D eigenvalue weighted by Gasteiger charge is 2.50. The molecule has 41 heavy (non-hydrogen) atoms. The van der Waals surface area contributed by atoms with Gasteiger partial charge in [0.05, 0.1) is 23.7 Å². The fourth-order valence-electron chi connectivity index (χ4n) is 6.14. The molecule has 0 bridgehead atoms. The van der Waals surface area contributed by atoms with Crippen LogP contribution in [0.15, 0.2) is 30.3 Å². The minimum Gasteiger partial charge on any atom is -0.367 e. The smallest absolute Gasteiger partial charge is 0.367 e. The van der Waals surface area contributed by atoms with Crippen LogP contribution in [0.3, 0.4) is 0 Å². The van der Waals surface area contributed by atoms with Crippen molar-refractivity contribution >= 4 is 17.3 Å². The number of hydrogen-bond acceptors (Lipinski definition) is 4. The lowest BCUT2D eigenvalue weighted by Crippen LogP contribution is -2.48. The Morgan fingerprint density at radius 2 is 1.59 bits per heavy atom. The van der Waals surface area contributed by atoms with E-state index in [-0.39, 0.29) is 44.4 Å². The molecule has 2 fully saturated rings. The van der Waals surface area contributed by atoms with Crippen molar-refractivity contribution in [3.8, 4) is 5.69 Å². The third-order valence-electron chi connectivity index (χ3n) is 8.40.